The predicted octanol–water partition coefficient (Wildman–Crippen LogP) is 7.39. The Bertz CT molecular complexity index is 1500. The highest BCUT2D eigenvalue weighted by Gasteiger charge is 2.37. The van der Waals surface area contributed by atoms with Crippen LogP contribution >= 0.6 is 11.6 Å². The van der Waals surface area contributed by atoms with Gasteiger partial charge in [-0.2, -0.15) is 36.6 Å². The summed E-state index contributed by atoms with van der Waals surface area (Å²) in [7, 11) is 0. The van der Waals surface area contributed by atoms with E-state index < -0.39 is 51.3 Å². The molecule has 0 spiro atoms. The minimum Gasteiger partial charge on any atom is -0.337 e. The Morgan fingerprint density at radius 2 is 1.81 bits per heavy atom. The second kappa shape index (κ2) is 9.13. The van der Waals surface area contributed by atoms with E-state index in [0.29, 0.717) is 30.7 Å². The molecule has 36 heavy (non-hydrogen) atoms. The summed E-state index contributed by atoms with van der Waals surface area (Å²) in [6.07, 6.45) is -8.66. The average Bonchev–Trinajstić information content (AvgIpc) is 3.38. The second-order valence-electron chi connectivity index (χ2n) is 7.84. The maximum atomic E-state index is 14.5. The molecule has 0 aliphatic rings. The van der Waals surface area contributed by atoms with Crippen molar-refractivity contribution in [3.63, 3.8) is 0 Å². The first-order valence-corrected chi connectivity index (χ1v) is 10.7. The van der Waals surface area contributed by atoms with Crippen molar-refractivity contribution in [2.75, 3.05) is 0 Å². The highest BCUT2D eigenvalue weighted by Crippen LogP contribution is 2.39. The van der Waals surface area contributed by atoms with E-state index in [-0.39, 0.29) is 23.3 Å². The summed E-state index contributed by atoms with van der Waals surface area (Å²) in [5, 5.41) is 11.9. The van der Waals surface area contributed by atoms with E-state index >= 15 is 0 Å². The number of nitriles is 1. The Labute approximate surface area is 203 Å². The number of hydrogen-bond donors (Lipinski definition) is 0. The van der Waals surface area contributed by atoms with Crippen molar-refractivity contribution in [1.82, 2.24) is 14.7 Å². The highest BCUT2D eigenvalue weighted by molar-refractivity contribution is 6.31. The van der Waals surface area contributed by atoms with E-state index in [0.717, 1.165) is 6.07 Å². The summed E-state index contributed by atoms with van der Waals surface area (Å²) >= 11 is 5.61. The largest absolute Gasteiger partial charge is 0.418 e. The molecule has 4 rings (SSSR count). The van der Waals surface area contributed by atoms with Crippen molar-refractivity contribution in [3.05, 3.63) is 69.4 Å². The molecule has 0 atom stereocenters. The van der Waals surface area contributed by atoms with E-state index in [9.17, 15) is 36.0 Å². The van der Waals surface area contributed by atoms with Crippen LogP contribution in [-0.2, 0) is 25.3 Å². The van der Waals surface area contributed by atoms with Crippen molar-refractivity contribution in [3.8, 4) is 17.5 Å². The van der Waals surface area contributed by atoms with Crippen LogP contribution in [0.2, 0.25) is 5.02 Å². The molecule has 4 aromatic rings. The number of nitrogens with zero attached hydrogens (tertiary/aromatic N) is 4. The number of benzene rings is 2. The van der Waals surface area contributed by atoms with Gasteiger partial charge in [0.05, 0.1) is 39.9 Å². The van der Waals surface area contributed by atoms with Gasteiger partial charge in [0.2, 0.25) is 0 Å². The number of aryl methyl sites for hydroxylation is 1. The summed E-state index contributed by atoms with van der Waals surface area (Å²) in [6, 6.07) is 6.20. The number of aromatic nitrogens is 3. The minimum atomic E-state index is -4.81. The molecule has 0 saturated carbocycles. The lowest BCUT2D eigenvalue weighted by Gasteiger charge is -2.11. The summed E-state index contributed by atoms with van der Waals surface area (Å²) in [4.78, 5) is 3.95. The summed E-state index contributed by atoms with van der Waals surface area (Å²) in [5.41, 5.74) is -2.88. The highest BCUT2D eigenvalue weighted by atomic mass is 35.5. The Balaban J connectivity index is 1.81. The second-order valence-corrected chi connectivity index (χ2v) is 8.24. The van der Waals surface area contributed by atoms with Gasteiger partial charge in [-0.1, -0.05) is 30.1 Å². The van der Waals surface area contributed by atoms with Crippen LogP contribution in [0.25, 0.3) is 22.4 Å². The van der Waals surface area contributed by atoms with Gasteiger partial charge in [-0.3, -0.25) is 0 Å². The molecular weight excluding hydrogens is 517 g/mol. The van der Waals surface area contributed by atoms with Gasteiger partial charge in [0.1, 0.15) is 0 Å². The third-order valence-corrected chi connectivity index (χ3v) is 5.71. The first kappa shape index (κ1) is 25.5. The molecule has 0 radical (unpaired) electrons. The molecule has 0 N–H and O–H groups in total. The van der Waals surface area contributed by atoms with Gasteiger partial charge in [-0.15, -0.1) is 0 Å². The van der Waals surface area contributed by atoms with E-state index in [4.69, 9.17) is 16.1 Å². The molecule has 2 heterocycles. The molecule has 2 aromatic carbocycles. The van der Waals surface area contributed by atoms with Crippen molar-refractivity contribution in [1.29, 1.82) is 5.26 Å². The lowest BCUT2D eigenvalue weighted by atomic mass is 10.0. The van der Waals surface area contributed by atoms with Crippen molar-refractivity contribution >= 4 is 22.5 Å². The zero-order valence-electron chi connectivity index (χ0n) is 18.2. The van der Waals surface area contributed by atoms with Crippen LogP contribution < -0.4 is 0 Å². The number of fused-ring (bicyclic) bond motifs is 1. The number of halogens is 8. The van der Waals surface area contributed by atoms with Crippen molar-refractivity contribution < 1.29 is 35.3 Å². The molecule has 0 aliphatic heterocycles. The number of rotatable bonds is 5. The standard InChI is InChI=1S/C23H14ClF7N4O/c1-2-3-13-8-14-17(5-4-11(9-32)19(14)23(29,30)31)35(13)10-18-33-21(36-34-18)15-6-12(22(26,27)28)7-16(24)20(15)25/h4-8H,2-3,10H2,1H3. The summed E-state index contributed by atoms with van der Waals surface area (Å²) < 4.78 is 102. The predicted molar refractivity (Wildman–Crippen MR) is 114 cm³/mol. The molecule has 13 heteroatoms. The molecule has 188 valence electrons. The maximum Gasteiger partial charge on any atom is 0.418 e. The molecular formula is C23H14ClF7N4O. The quantitative estimate of drug-likeness (QED) is 0.252. The van der Waals surface area contributed by atoms with Gasteiger partial charge in [-0.05, 0) is 36.8 Å². The van der Waals surface area contributed by atoms with Gasteiger partial charge in [0.15, 0.2) is 11.6 Å². The van der Waals surface area contributed by atoms with Crippen molar-refractivity contribution in [2.45, 2.75) is 38.7 Å². The van der Waals surface area contributed by atoms with Crippen LogP contribution in [0.1, 0.15) is 41.6 Å². The maximum absolute atomic E-state index is 14.5. The van der Waals surface area contributed by atoms with Crippen LogP contribution in [-0.4, -0.2) is 14.7 Å². The zero-order valence-corrected chi connectivity index (χ0v) is 19.0. The Kier molecular flexibility index (Phi) is 6.47. The molecule has 2 aromatic heterocycles. The Morgan fingerprint density at radius 1 is 1.08 bits per heavy atom. The average molecular weight is 531 g/mol. The Morgan fingerprint density at radius 3 is 2.42 bits per heavy atom. The van der Waals surface area contributed by atoms with Gasteiger partial charge in [0.25, 0.3) is 5.89 Å². The molecule has 0 aliphatic carbocycles. The van der Waals surface area contributed by atoms with Crippen LogP contribution in [0.3, 0.4) is 0 Å². The van der Waals surface area contributed by atoms with Gasteiger partial charge < -0.3 is 9.09 Å². The third kappa shape index (κ3) is 4.63. The van der Waals surface area contributed by atoms with Crippen molar-refractivity contribution in [2.24, 2.45) is 0 Å². The topological polar surface area (TPSA) is 67.6 Å². The monoisotopic (exact) mass is 530 g/mol. The first-order valence-electron chi connectivity index (χ1n) is 10.4. The molecule has 0 saturated heterocycles. The molecule has 0 bridgehead atoms. The number of hydrogen-bond acceptors (Lipinski definition) is 4. The van der Waals surface area contributed by atoms with Gasteiger partial charge in [0, 0.05) is 16.6 Å². The smallest absolute Gasteiger partial charge is 0.337 e. The van der Waals surface area contributed by atoms with Crippen LogP contribution in [0.4, 0.5) is 30.7 Å². The van der Waals surface area contributed by atoms with Gasteiger partial charge in [-0.25, -0.2) is 4.39 Å². The number of alkyl halides is 6. The van der Waals surface area contributed by atoms with E-state index in [1.165, 1.54) is 16.7 Å². The Hall–Kier alpha value is -3.59. The van der Waals surface area contributed by atoms with Gasteiger partial charge >= 0.3 is 12.4 Å². The molecule has 0 amide bonds. The zero-order chi connectivity index (χ0) is 26.4. The normalized spacial score (nSPS) is 12.3. The van der Waals surface area contributed by atoms with Crippen LogP contribution in [0.15, 0.2) is 34.9 Å². The summed E-state index contributed by atoms with van der Waals surface area (Å²) in [6.45, 7) is 1.60. The van der Waals surface area contributed by atoms with Crippen LogP contribution in [0.5, 0.6) is 0 Å². The fourth-order valence-corrected chi connectivity index (χ4v) is 4.13. The third-order valence-electron chi connectivity index (χ3n) is 5.43. The van der Waals surface area contributed by atoms with Crippen LogP contribution in [0, 0.1) is 17.1 Å². The fourth-order valence-electron chi connectivity index (χ4n) is 3.92. The van der Waals surface area contributed by atoms with E-state index in [1.807, 2.05) is 6.92 Å². The first-order chi connectivity index (χ1) is 16.8. The summed E-state index contributed by atoms with van der Waals surface area (Å²) in [5.74, 6) is -1.89. The SMILES string of the molecule is CCCc1cc2c(C(F)(F)F)c(C#N)ccc2n1Cc1noc(-c2cc(C(F)(F)F)cc(Cl)c2F)n1. The molecule has 5 nitrogen and oxygen atoms in total. The van der Waals surface area contributed by atoms with E-state index in [2.05, 4.69) is 10.1 Å². The minimum absolute atomic E-state index is 0.120. The lowest BCUT2D eigenvalue weighted by molar-refractivity contribution is -0.138. The van der Waals surface area contributed by atoms with E-state index in [1.54, 1.807) is 6.07 Å². The molecule has 0 fully saturated rings. The fraction of sp³-hybridized carbons (Fsp3) is 0.261. The lowest BCUT2D eigenvalue weighted by Crippen LogP contribution is -2.09. The molecule has 0 unspecified atom stereocenters.